The summed E-state index contributed by atoms with van der Waals surface area (Å²) in [4.78, 5) is 52.4. The molecule has 28 heavy (non-hydrogen) atoms. The van der Waals surface area contributed by atoms with Crippen molar-refractivity contribution in [3.63, 3.8) is 0 Å². The monoisotopic (exact) mass is 389 g/mol. The number of likely N-dealkylation sites (tertiary alicyclic amines) is 1. The number of piperidine rings is 1. The number of aliphatic carboxylic acids is 1. The molecule has 0 saturated carbocycles. The zero-order chi connectivity index (χ0) is 20.3. The number of ether oxygens (including phenoxy) is 1. The zero-order valence-corrected chi connectivity index (χ0v) is 15.6. The fraction of sp³-hybridized carbons (Fsp3) is 0.474. The van der Waals surface area contributed by atoms with Crippen LogP contribution in [0.2, 0.25) is 0 Å². The van der Waals surface area contributed by atoms with Gasteiger partial charge in [-0.2, -0.15) is 0 Å². The van der Waals surface area contributed by atoms with Crippen LogP contribution in [0.3, 0.4) is 0 Å². The standard InChI is InChI=1S/C19H23N3O6/c1-28-12-19(17(25)26)8-4-9-21(11-19)15(23)7-10-22-14-6-3-2-5-13(14)16(24)20-18(22)27/h2-3,5-6H,4,7-12H2,1H3,(H,25,26)(H,20,24,27). The molecule has 1 aromatic heterocycles. The highest BCUT2D eigenvalue weighted by Gasteiger charge is 2.43. The average Bonchev–Trinajstić information content (AvgIpc) is 2.68. The molecule has 1 saturated heterocycles. The van der Waals surface area contributed by atoms with Gasteiger partial charge in [0.15, 0.2) is 0 Å². The summed E-state index contributed by atoms with van der Waals surface area (Å²) in [6.07, 6.45) is 1.05. The smallest absolute Gasteiger partial charge is 0.328 e. The number of amides is 1. The summed E-state index contributed by atoms with van der Waals surface area (Å²) < 4.78 is 6.44. The van der Waals surface area contributed by atoms with E-state index in [0.29, 0.717) is 30.3 Å². The molecule has 1 aliphatic rings. The maximum Gasteiger partial charge on any atom is 0.328 e. The number of carboxylic acid groups (broad SMARTS) is 1. The van der Waals surface area contributed by atoms with E-state index in [1.165, 1.54) is 16.6 Å². The summed E-state index contributed by atoms with van der Waals surface area (Å²) in [7, 11) is 1.44. The second kappa shape index (κ2) is 7.97. The van der Waals surface area contributed by atoms with Crippen molar-refractivity contribution in [2.24, 2.45) is 5.41 Å². The molecule has 2 N–H and O–H groups in total. The molecule has 1 unspecified atom stereocenters. The van der Waals surface area contributed by atoms with E-state index in [-0.39, 0.29) is 32.0 Å². The maximum atomic E-state index is 12.7. The Morgan fingerprint density at radius 2 is 2.04 bits per heavy atom. The van der Waals surface area contributed by atoms with E-state index < -0.39 is 22.6 Å². The van der Waals surface area contributed by atoms with E-state index in [4.69, 9.17) is 4.74 Å². The molecule has 150 valence electrons. The minimum absolute atomic E-state index is 0.0264. The van der Waals surface area contributed by atoms with Crippen molar-refractivity contribution in [2.45, 2.75) is 25.8 Å². The highest BCUT2D eigenvalue weighted by Crippen LogP contribution is 2.31. The Morgan fingerprint density at radius 3 is 2.75 bits per heavy atom. The van der Waals surface area contributed by atoms with Gasteiger partial charge in [-0.1, -0.05) is 12.1 Å². The van der Waals surface area contributed by atoms with Gasteiger partial charge in [0.2, 0.25) is 5.91 Å². The van der Waals surface area contributed by atoms with Crippen LogP contribution < -0.4 is 11.2 Å². The fourth-order valence-electron chi connectivity index (χ4n) is 3.80. The van der Waals surface area contributed by atoms with Gasteiger partial charge >= 0.3 is 11.7 Å². The molecule has 0 aliphatic carbocycles. The number of aromatic amines is 1. The van der Waals surface area contributed by atoms with Crippen LogP contribution in [0.25, 0.3) is 10.9 Å². The van der Waals surface area contributed by atoms with Crippen LogP contribution in [0.5, 0.6) is 0 Å². The Bertz CT molecular complexity index is 1010. The van der Waals surface area contributed by atoms with Crippen LogP contribution in [0, 0.1) is 5.41 Å². The van der Waals surface area contributed by atoms with Crippen LogP contribution >= 0.6 is 0 Å². The van der Waals surface area contributed by atoms with E-state index in [9.17, 15) is 24.3 Å². The lowest BCUT2D eigenvalue weighted by Crippen LogP contribution is -2.52. The fourth-order valence-corrected chi connectivity index (χ4v) is 3.80. The van der Waals surface area contributed by atoms with Gasteiger partial charge < -0.3 is 14.7 Å². The highest BCUT2D eigenvalue weighted by molar-refractivity contribution is 5.80. The number of hydrogen-bond acceptors (Lipinski definition) is 5. The third-order valence-corrected chi connectivity index (χ3v) is 5.26. The molecule has 1 aliphatic heterocycles. The number of nitrogens with one attached hydrogen (secondary N) is 1. The number of para-hydroxylation sites is 1. The van der Waals surface area contributed by atoms with E-state index in [2.05, 4.69) is 4.98 Å². The second-order valence-electron chi connectivity index (χ2n) is 7.12. The van der Waals surface area contributed by atoms with Gasteiger partial charge in [-0.25, -0.2) is 4.79 Å². The Balaban J connectivity index is 1.78. The van der Waals surface area contributed by atoms with Crippen molar-refractivity contribution >= 4 is 22.8 Å². The molecule has 3 rings (SSSR count). The first-order chi connectivity index (χ1) is 13.4. The second-order valence-corrected chi connectivity index (χ2v) is 7.12. The summed E-state index contributed by atoms with van der Waals surface area (Å²) in [5.74, 6) is -1.21. The van der Waals surface area contributed by atoms with Crippen molar-refractivity contribution in [2.75, 3.05) is 26.8 Å². The average molecular weight is 389 g/mol. The number of carbonyl (C=O) groups excluding carboxylic acids is 1. The largest absolute Gasteiger partial charge is 0.481 e. The first-order valence-electron chi connectivity index (χ1n) is 9.10. The van der Waals surface area contributed by atoms with Crippen LogP contribution in [0.15, 0.2) is 33.9 Å². The Kier molecular flexibility index (Phi) is 5.64. The Morgan fingerprint density at radius 1 is 1.29 bits per heavy atom. The van der Waals surface area contributed by atoms with Crippen LogP contribution in [0.4, 0.5) is 0 Å². The molecular formula is C19H23N3O6. The first-order valence-corrected chi connectivity index (χ1v) is 9.10. The van der Waals surface area contributed by atoms with Gasteiger partial charge in [0.25, 0.3) is 5.56 Å². The lowest BCUT2D eigenvalue weighted by molar-refractivity contribution is -0.159. The molecule has 9 nitrogen and oxygen atoms in total. The number of aromatic nitrogens is 2. The van der Waals surface area contributed by atoms with Crippen molar-refractivity contribution in [1.29, 1.82) is 0 Å². The van der Waals surface area contributed by atoms with Crippen molar-refractivity contribution in [3.05, 3.63) is 45.1 Å². The Hall–Kier alpha value is -2.94. The molecule has 1 aromatic carbocycles. The van der Waals surface area contributed by atoms with Gasteiger partial charge in [0.1, 0.15) is 5.41 Å². The van der Waals surface area contributed by atoms with Gasteiger partial charge in [-0.3, -0.25) is 23.9 Å². The molecule has 0 spiro atoms. The summed E-state index contributed by atoms with van der Waals surface area (Å²) in [6.45, 7) is 0.682. The number of H-pyrrole nitrogens is 1. The number of hydrogen-bond donors (Lipinski definition) is 2. The third-order valence-electron chi connectivity index (χ3n) is 5.26. The summed E-state index contributed by atoms with van der Waals surface area (Å²) in [6, 6.07) is 6.69. The number of fused-ring (bicyclic) bond motifs is 1. The van der Waals surface area contributed by atoms with Crippen molar-refractivity contribution in [3.8, 4) is 0 Å². The number of nitrogens with zero attached hydrogens (tertiary/aromatic N) is 2. The SMILES string of the molecule is COCC1(C(=O)O)CCCN(C(=O)CCn2c(=O)[nH]c(=O)c3ccccc32)C1. The molecule has 2 heterocycles. The normalized spacial score (nSPS) is 19.7. The molecule has 0 radical (unpaired) electrons. The number of carboxylic acids is 1. The predicted molar refractivity (Wildman–Crippen MR) is 101 cm³/mol. The van der Waals surface area contributed by atoms with E-state index in [0.717, 1.165) is 0 Å². The number of aryl methyl sites for hydroxylation is 1. The van der Waals surface area contributed by atoms with Crippen LogP contribution in [-0.4, -0.2) is 58.2 Å². The highest BCUT2D eigenvalue weighted by atomic mass is 16.5. The molecule has 1 amide bonds. The molecule has 9 heteroatoms. The molecular weight excluding hydrogens is 366 g/mol. The minimum Gasteiger partial charge on any atom is -0.481 e. The summed E-state index contributed by atoms with van der Waals surface area (Å²) in [5, 5.41) is 9.98. The number of methoxy groups -OCH3 is 1. The van der Waals surface area contributed by atoms with E-state index >= 15 is 0 Å². The van der Waals surface area contributed by atoms with Gasteiger partial charge in [-0.15, -0.1) is 0 Å². The maximum absolute atomic E-state index is 12.7. The predicted octanol–water partition coefficient (Wildman–Crippen LogP) is 0.420. The lowest BCUT2D eigenvalue weighted by Gasteiger charge is -2.39. The number of rotatable bonds is 6. The van der Waals surface area contributed by atoms with Crippen LogP contribution in [-0.2, 0) is 20.9 Å². The minimum atomic E-state index is -1.11. The molecule has 0 bridgehead atoms. The van der Waals surface area contributed by atoms with Gasteiger partial charge in [0, 0.05) is 33.2 Å². The third kappa shape index (κ3) is 3.70. The van der Waals surface area contributed by atoms with Crippen molar-refractivity contribution < 1.29 is 19.4 Å². The lowest BCUT2D eigenvalue weighted by atomic mass is 9.80. The van der Waals surface area contributed by atoms with E-state index in [1.54, 1.807) is 24.3 Å². The Labute approximate surface area is 160 Å². The molecule has 1 fully saturated rings. The number of carbonyl (C=O) groups is 2. The summed E-state index contributed by atoms with van der Waals surface area (Å²) in [5.41, 5.74) is -1.69. The van der Waals surface area contributed by atoms with E-state index in [1.807, 2.05) is 0 Å². The summed E-state index contributed by atoms with van der Waals surface area (Å²) >= 11 is 0. The molecule has 1 atom stereocenters. The molecule has 2 aromatic rings. The van der Waals surface area contributed by atoms with Gasteiger partial charge in [-0.05, 0) is 25.0 Å². The first kappa shape index (κ1) is 19.8. The number of benzene rings is 1. The zero-order valence-electron chi connectivity index (χ0n) is 15.6. The topological polar surface area (TPSA) is 122 Å². The quantitative estimate of drug-likeness (QED) is 0.738. The van der Waals surface area contributed by atoms with Gasteiger partial charge in [0.05, 0.1) is 17.5 Å². The van der Waals surface area contributed by atoms with Crippen LogP contribution in [0.1, 0.15) is 19.3 Å². The van der Waals surface area contributed by atoms with Crippen molar-refractivity contribution in [1.82, 2.24) is 14.5 Å².